The number of carbonyl (C=O) groups excluding carboxylic acids is 1. The van der Waals surface area contributed by atoms with Crippen molar-refractivity contribution in [2.24, 2.45) is 0 Å². The van der Waals surface area contributed by atoms with Crippen molar-refractivity contribution in [3.05, 3.63) is 0 Å². The van der Waals surface area contributed by atoms with Gasteiger partial charge in [0.1, 0.15) is 0 Å². The van der Waals surface area contributed by atoms with Crippen molar-refractivity contribution in [1.82, 2.24) is 10.6 Å². The third kappa shape index (κ3) is 6.00. The van der Waals surface area contributed by atoms with Gasteiger partial charge in [0.25, 0.3) is 0 Å². The van der Waals surface area contributed by atoms with Crippen molar-refractivity contribution in [2.45, 2.75) is 38.2 Å². The van der Waals surface area contributed by atoms with E-state index in [1.165, 1.54) is 0 Å². The van der Waals surface area contributed by atoms with Crippen LogP contribution in [0.2, 0.25) is 0 Å². The topological polar surface area (TPSA) is 70.6 Å². The molecule has 1 saturated heterocycles. The number of amides is 1. The number of aliphatic hydroxyl groups is 1. The Labute approximate surface area is 103 Å². The van der Waals surface area contributed by atoms with E-state index in [0.29, 0.717) is 32.6 Å². The average Bonchev–Trinajstić information content (AvgIpc) is 2.30. The number of nitrogens with one attached hydrogen (secondary N) is 2. The molecule has 0 aromatic heterocycles. The van der Waals surface area contributed by atoms with Gasteiger partial charge in [-0.3, -0.25) is 4.79 Å². The van der Waals surface area contributed by atoms with E-state index in [1.807, 2.05) is 0 Å². The molecular formula is C12H24N2O3. The molecule has 100 valence electrons. The first-order chi connectivity index (χ1) is 8.16. The molecule has 0 aliphatic carbocycles. The van der Waals surface area contributed by atoms with E-state index in [-0.39, 0.29) is 12.5 Å². The second-order valence-electron chi connectivity index (χ2n) is 4.64. The monoisotopic (exact) mass is 244 g/mol. The van der Waals surface area contributed by atoms with Gasteiger partial charge in [0, 0.05) is 39.1 Å². The fourth-order valence-electron chi connectivity index (χ4n) is 1.80. The minimum absolute atomic E-state index is 0.00545. The predicted octanol–water partition coefficient (Wildman–Crippen LogP) is 0.0338. The highest BCUT2D eigenvalue weighted by Gasteiger charge is 2.29. The molecular weight excluding hydrogens is 220 g/mol. The van der Waals surface area contributed by atoms with Crippen molar-refractivity contribution in [3.8, 4) is 0 Å². The summed E-state index contributed by atoms with van der Waals surface area (Å²) < 4.78 is 5.19. The van der Waals surface area contributed by atoms with Crippen LogP contribution in [-0.2, 0) is 9.53 Å². The van der Waals surface area contributed by atoms with Gasteiger partial charge in [-0.05, 0) is 6.42 Å². The molecule has 1 aliphatic rings. The van der Waals surface area contributed by atoms with E-state index in [2.05, 4.69) is 17.6 Å². The first-order valence-electron chi connectivity index (χ1n) is 6.44. The van der Waals surface area contributed by atoms with Gasteiger partial charge in [0.05, 0.1) is 12.1 Å². The zero-order chi connectivity index (χ0) is 12.6. The Morgan fingerprint density at radius 3 is 2.76 bits per heavy atom. The summed E-state index contributed by atoms with van der Waals surface area (Å²) >= 11 is 0. The molecule has 1 amide bonds. The van der Waals surface area contributed by atoms with Crippen LogP contribution in [0, 0.1) is 0 Å². The Morgan fingerprint density at radius 2 is 2.12 bits per heavy atom. The predicted molar refractivity (Wildman–Crippen MR) is 65.8 cm³/mol. The average molecular weight is 244 g/mol. The molecule has 0 atom stereocenters. The SMILES string of the molecule is CCCCNC(=O)CNCC1(O)CCOCC1. The van der Waals surface area contributed by atoms with Crippen LogP contribution in [0.4, 0.5) is 0 Å². The third-order valence-corrected chi connectivity index (χ3v) is 3.02. The van der Waals surface area contributed by atoms with Gasteiger partial charge in [0.15, 0.2) is 0 Å². The van der Waals surface area contributed by atoms with E-state index >= 15 is 0 Å². The smallest absolute Gasteiger partial charge is 0.233 e. The molecule has 0 saturated carbocycles. The standard InChI is InChI=1S/C12H24N2O3/c1-2-3-6-14-11(15)9-13-10-12(16)4-7-17-8-5-12/h13,16H,2-10H2,1H3,(H,14,15). The molecule has 0 spiro atoms. The lowest BCUT2D eigenvalue weighted by Gasteiger charge is -2.32. The van der Waals surface area contributed by atoms with Crippen molar-refractivity contribution in [3.63, 3.8) is 0 Å². The fourth-order valence-corrected chi connectivity index (χ4v) is 1.80. The van der Waals surface area contributed by atoms with Gasteiger partial charge in [-0.1, -0.05) is 13.3 Å². The van der Waals surface area contributed by atoms with Crippen LogP contribution in [0.3, 0.4) is 0 Å². The van der Waals surface area contributed by atoms with Crippen molar-refractivity contribution >= 4 is 5.91 Å². The second kappa shape index (κ2) is 7.63. The number of hydrogen-bond acceptors (Lipinski definition) is 4. The normalized spacial score (nSPS) is 18.9. The molecule has 0 aromatic carbocycles. The van der Waals surface area contributed by atoms with Crippen LogP contribution >= 0.6 is 0 Å². The van der Waals surface area contributed by atoms with Crippen LogP contribution in [-0.4, -0.2) is 49.5 Å². The summed E-state index contributed by atoms with van der Waals surface area (Å²) in [6.45, 7) is 4.74. The van der Waals surface area contributed by atoms with Crippen molar-refractivity contribution < 1.29 is 14.6 Å². The number of ether oxygens (including phenoxy) is 1. The summed E-state index contributed by atoms with van der Waals surface area (Å²) in [6, 6.07) is 0. The summed E-state index contributed by atoms with van der Waals surface area (Å²) in [4.78, 5) is 11.4. The molecule has 1 heterocycles. The Morgan fingerprint density at radius 1 is 1.41 bits per heavy atom. The van der Waals surface area contributed by atoms with Crippen molar-refractivity contribution in [2.75, 3.05) is 32.8 Å². The Hall–Kier alpha value is -0.650. The van der Waals surface area contributed by atoms with Gasteiger partial charge in [-0.25, -0.2) is 0 Å². The Kier molecular flexibility index (Phi) is 6.47. The largest absolute Gasteiger partial charge is 0.388 e. The number of unbranched alkanes of at least 4 members (excludes halogenated alkanes) is 1. The summed E-state index contributed by atoms with van der Waals surface area (Å²) in [7, 11) is 0. The number of carbonyl (C=O) groups is 1. The van der Waals surface area contributed by atoms with E-state index < -0.39 is 5.60 Å². The summed E-state index contributed by atoms with van der Waals surface area (Å²) in [5.41, 5.74) is -0.706. The van der Waals surface area contributed by atoms with Gasteiger partial charge >= 0.3 is 0 Å². The zero-order valence-corrected chi connectivity index (χ0v) is 10.6. The quantitative estimate of drug-likeness (QED) is 0.553. The Bertz CT molecular complexity index is 228. The molecule has 1 fully saturated rings. The first-order valence-corrected chi connectivity index (χ1v) is 6.44. The molecule has 1 aliphatic heterocycles. The first kappa shape index (κ1) is 14.4. The van der Waals surface area contributed by atoms with Gasteiger partial charge in [0.2, 0.25) is 5.91 Å². The van der Waals surface area contributed by atoms with Crippen LogP contribution < -0.4 is 10.6 Å². The lowest BCUT2D eigenvalue weighted by molar-refractivity contribution is -0.120. The lowest BCUT2D eigenvalue weighted by atomic mass is 9.94. The maximum absolute atomic E-state index is 11.4. The van der Waals surface area contributed by atoms with Gasteiger partial charge < -0.3 is 20.5 Å². The summed E-state index contributed by atoms with van der Waals surface area (Å²) in [5, 5.41) is 16.0. The molecule has 3 N–H and O–H groups in total. The minimum Gasteiger partial charge on any atom is -0.388 e. The maximum atomic E-state index is 11.4. The third-order valence-electron chi connectivity index (χ3n) is 3.02. The van der Waals surface area contributed by atoms with E-state index in [1.54, 1.807) is 0 Å². The highest BCUT2D eigenvalue weighted by atomic mass is 16.5. The molecule has 1 rings (SSSR count). The lowest BCUT2D eigenvalue weighted by Crippen LogP contribution is -2.47. The summed E-state index contributed by atoms with van der Waals surface area (Å²) in [6.07, 6.45) is 3.36. The second-order valence-corrected chi connectivity index (χ2v) is 4.64. The number of hydrogen-bond donors (Lipinski definition) is 3. The fraction of sp³-hybridized carbons (Fsp3) is 0.917. The zero-order valence-electron chi connectivity index (χ0n) is 10.6. The minimum atomic E-state index is -0.706. The molecule has 5 nitrogen and oxygen atoms in total. The molecule has 0 aromatic rings. The van der Waals surface area contributed by atoms with Crippen LogP contribution in [0.15, 0.2) is 0 Å². The van der Waals surface area contributed by atoms with E-state index in [4.69, 9.17) is 4.74 Å². The van der Waals surface area contributed by atoms with E-state index in [9.17, 15) is 9.90 Å². The molecule has 5 heteroatoms. The molecule has 0 unspecified atom stereocenters. The highest BCUT2D eigenvalue weighted by molar-refractivity contribution is 5.77. The highest BCUT2D eigenvalue weighted by Crippen LogP contribution is 2.18. The number of rotatable bonds is 7. The van der Waals surface area contributed by atoms with Gasteiger partial charge in [-0.2, -0.15) is 0 Å². The summed E-state index contributed by atoms with van der Waals surface area (Å²) in [5.74, 6) is -0.00545. The Balaban J connectivity index is 2.07. The molecule has 0 bridgehead atoms. The van der Waals surface area contributed by atoms with E-state index in [0.717, 1.165) is 19.4 Å². The van der Waals surface area contributed by atoms with Crippen molar-refractivity contribution in [1.29, 1.82) is 0 Å². The van der Waals surface area contributed by atoms with Crippen LogP contribution in [0.25, 0.3) is 0 Å². The molecule has 0 radical (unpaired) electrons. The van der Waals surface area contributed by atoms with Gasteiger partial charge in [-0.15, -0.1) is 0 Å². The van der Waals surface area contributed by atoms with Crippen LogP contribution in [0.5, 0.6) is 0 Å². The van der Waals surface area contributed by atoms with Crippen LogP contribution in [0.1, 0.15) is 32.6 Å². The maximum Gasteiger partial charge on any atom is 0.233 e. The molecule has 17 heavy (non-hydrogen) atoms.